The Labute approximate surface area is 133 Å². The summed E-state index contributed by atoms with van der Waals surface area (Å²) in [5, 5.41) is 6.91. The van der Waals surface area contributed by atoms with Crippen LogP contribution in [0, 0.1) is 0 Å². The van der Waals surface area contributed by atoms with Crippen molar-refractivity contribution in [3.63, 3.8) is 0 Å². The first kappa shape index (κ1) is 16.6. The van der Waals surface area contributed by atoms with Gasteiger partial charge in [-0.3, -0.25) is 9.89 Å². The lowest BCUT2D eigenvalue weighted by Crippen LogP contribution is -2.46. The van der Waals surface area contributed by atoms with Crippen molar-refractivity contribution in [2.24, 2.45) is 4.99 Å². The summed E-state index contributed by atoms with van der Waals surface area (Å²) < 4.78 is 5.63. The normalized spacial score (nSPS) is 17.2. The van der Waals surface area contributed by atoms with Gasteiger partial charge in [-0.05, 0) is 38.1 Å². The van der Waals surface area contributed by atoms with E-state index < -0.39 is 0 Å². The van der Waals surface area contributed by atoms with Gasteiger partial charge in [0.05, 0.1) is 12.3 Å². The van der Waals surface area contributed by atoms with Crippen molar-refractivity contribution in [1.82, 2.24) is 15.5 Å². The zero-order valence-electron chi connectivity index (χ0n) is 13.9. The molecule has 0 aromatic carbocycles. The predicted molar refractivity (Wildman–Crippen MR) is 91.0 cm³/mol. The van der Waals surface area contributed by atoms with Crippen molar-refractivity contribution in [1.29, 1.82) is 0 Å². The minimum absolute atomic E-state index is 0.213. The van der Waals surface area contributed by atoms with E-state index in [-0.39, 0.29) is 6.04 Å². The Balaban J connectivity index is 1.94. The third kappa shape index (κ3) is 4.37. The van der Waals surface area contributed by atoms with Crippen LogP contribution in [0.1, 0.15) is 38.5 Å². The van der Waals surface area contributed by atoms with Crippen molar-refractivity contribution in [3.05, 3.63) is 36.3 Å². The standard InChI is InChI=1S/C17H28N4O/c1-4-21(5-2)15(16-11-8-12-22-16)13-19-17(18-3)20-14-9-6-7-10-14/h6-8,11-12,14-15H,4-5,9-10,13H2,1-3H3,(H2,18,19,20). The highest BCUT2D eigenvalue weighted by molar-refractivity contribution is 5.80. The van der Waals surface area contributed by atoms with Gasteiger partial charge in [0.1, 0.15) is 5.76 Å². The molecule has 1 atom stereocenters. The summed E-state index contributed by atoms with van der Waals surface area (Å²) in [4.78, 5) is 6.72. The number of nitrogens with one attached hydrogen (secondary N) is 2. The SMILES string of the molecule is CCN(CC)C(CNC(=NC)NC1CC=CC1)c1ccco1. The van der Waals surface area contributed by atoms with Crippen molar-refractivity contribution in [3.8, 4) is 0 Å². The molecule has 1 aromatic rings. The summed E-state index contributed by atoms with van der Waals surface area (Å²) in [6.45, 7) is 7.10. The average Bonchev–Trinajstić information content (AvgIpc) is 3.23. The lowest BCUT2D eigenvalue weighted by Gasteiger charge is -2.29. The Kier molecular flexibility index (Phi) is 6.52. The van der Waals surface area contributed by atoms with Crippen LogP contribution in [0.2, 0.25) is 0 Å². The van der Waals surface area contributed by atoms with Crippen molar-refractivity contribution in [2.75, 3.05) is 26.7 Å². The minimum Gasteiger partial charge on any atom is -0.468 e. The van der Waals surface area contributed by atoms with Crippen LogP contribution in [-0.2, 0) is 0 Å². The van der Waals surface area contributed by atoms with Gasteiger partial charge >= 0.3 is 0 Å². The molecular formula is C17H28N4O. The van der Waals surface area contributed by atoms with Gasteiger partial charge in [-0.1, -0.05) is 26.0 Å². The number of aliphatic imine (C=N–C) groups is 1. The molecule has 0 bridgehead atoms. The molecule has 22 heavy (non-hydrogen) atoms. The van der Waals surface area contributed by atoms with E-state index in [0.29, 0.717) is 6.04 Å². The maximum absolute atomic E-state index is 5.63. The van der Waals surface area contributed by atoms with Crippen LogP contribution >= 0.6 is 0 Å². The van der Waals surface area contributed by atoms with E-state index in [2.05, 4.69) is 46.5 Å². The van der Waals surface area contributed by atoms with Gasteiger partial charge in [0.25, 0.3) is 0 Å². The highest BCUT2D eigenvalue weighted by Gasteiger charge is 2.21. The molecule has 122 valence electrons. The fourth-order valence-electron chi connectivity index (χ4n) is 2.87. The van der Waals surface area contributed by atoms with Gasteiger partial charge in [0.2, 0.25) is 0 Å². The van der Waals surface area contributed by atoms with Gasteiger partial charge in [0, 0.05) is 19.6 Å². The highest BCUT2D eigenvalue weighted by Crippen LogP contribution is 2.20. The Morgan fingerprint density at radius 3 is 2.64 bits per heavy atom. The van der Waals surface area contributed by atoms with E-state index in [4.69, 9.17) is 4.42 Å². The smallest absolute Gasteiger partial charge is 0.191 e. The lowest BCUT2D eigenvalue weighted by molar-refractivity contribution is 0.193. The van der Waals surface area contributed by atoms with Crippen LogP contribution in [-0.4, -0.2) is 43.6 Å². The highest BCUT2D eigenvalue weighted by atomic mass is 16.3. The zero-order valence-corrected chi connectivity index (χ0v) is 13.9. The second-order valence-electron chi connectivity index (χ2n) is 5.49. The Hall–Kier alpha value is -1.75. The summed E-state index contributed by atoms with van der Waals surface area (Å²) in [6.07, 6.45) is 8.30. The van der Waals surface area contributed by atoms with Gasteiger partial charge < -0.3 is 15.1 Å². The maximum atomic E-state index is 5.63. The third-order valence-corrected chi connectivity index (χ3v) is 4.16. The molecule has 0 amide bonds. The van der Waals surface area contributed by atoms with Crippen LogP contribution in [0.4, 0.5) is 0 Å². The van der Waals surface area contributed by atoms with Crippen LogP contribution < -0.4 is 10.6 Å². The monoisotopic (exact) mass is 304 g/mol. The largest absolute Gasteiger partial charge is 0.468 e. The molecule has 0 spiro atoms. The van der Waals surface area contributed by atoms with E-state index in [9.17, 15) is 0 Å². The molecule has 2 rings (SSSR count). The number of likely N-dealkylation sites (N-methyl/N-ethyl adjacent to an activating group) is 1. The molecule has 0 radical (unpaired) electrons. The third-order valence-electron chi connectivity index (χ3n) is 4.16. The molecule has 5 heteroatoms. The quantitative estimate of drug-likeness (QED) is 0.462. The molecule has 1 aliphatic rings. The molecule has 1 unspecified atom stereocenters. The summed E-state index contributed by atoms with van der Waals surface area (Å²) >= 11 is 0. The van der Waals surface area contributed by atoms with E-state index in [1.807, 2.05) is 19.2 Å². The van der Waals surface area contributed by atoms with Crippen LogP contribution in [0.5, 0.6) is 0 Å². The Morgan fingerprint density at radius 1 is 1.36 bits per heavy atom. The van der Waals surface area contributed by atoms with Gasteiger partial charge in [-0.15, -0.1) is 0 Å². The van der Waals surface area contributed by atoms with Crippen LogP contribution in [0.3, 0.4) is 0 Å². The van der Waals surface area contributed by atoms with Gasteiger partial charge in [-0.2, -0.15) is 0 Å². The fraction of sp³-hybridized carbons (Fsp3) is 0.588. The van der Waals surface area contributed by atoms with Gasteiger partial charge in [-0.25, -0.2) is 0 Å². The number of hydrogen-bond donors (Lipinski definition) is 2. The van der Waals surface area contributed by atoms with Crippen LogP contribution in [0.15, 0.2) is 40.0 Å². The van der Waals surface area contributed by atoms with E-state index in [1.54, 1.807) is 6.26 Å². The Bertz CT molecular complexity index is 469. The Morgan fingerprint density at radius 2 is 2.09 bits per heavy atom. The molecule has 1 aromatic heterocycles. The average molecular weight is 304 g/mol. The first-order valence-electron chi connectivity index (χ1n) is 8.18. The second kappa shape index (κ2) is 8.63. The molecule has 1 heterocycles. The molecule has 0 saturated heterocycles. The van der Waals surface area contributed by atoms with E-state index >= 15 is 0 Å². The molecular weight excluding hydrogens is 276 g/mol. The first-order valence-corrected chi connectivity index (χ1v) is 8.18. The zero-order chi connectivity index (χ0) is 15.8. The fourth-order valence-corrected chi connectivity index (χ4v) is 2.87. The van der Waals surface area contributed by atoms with Crippen molar-refractivity contribution >= 4 is 5.96 Å². The van der Waals surface area contributed by atoms with E-state index in [0.717, 1.165) is 44.2 Å². The maximum Gasteiger partial charge on any atom is 0.191 e. The topological polar surface area (TPSA) is 52.8 Å². The van der Waals surface area contributed by atoms with Crippen molar-refractivity contribution < 1.29 is 4.42 Å². The number of nitrogens with zero attached hydrogens (tertiary/aromatic N) is 2. The first-order chi connectivity index (χ1) is 10.8. The van der Waals surface area contributed by atoms with E-state index in [1.165, 1.54) is 0 Å². The summed E-state index contributed by atoms with van der Waals surface area (Å²) in [5.74, 6) is 1.85. The summed E-state index contributed by atoms with van der Waals surface area (Å²) in [7, 11) is 1.82. The van der Waals surface area contributed by atoms with Gasteiger partial charge in [0.15, 0.2) is 5.96 Å². The number of hydrogen-bond acceptors (Lipinski definition) is 3. The molecule has 2 N–H and O–H groups in total. The van der Waals surface area contributed by atoms with Crippen molar-refractivity contribution in [2.45, 2.75) is 38.8 Å². The number of guanidine groups is 1. The second-order valence-corrected chi connectivity index (χ2v) is 5.49. The molecule has 1 aliphatic carbocycles. The molecule has 5 nitrogen and oxygen atoms in total. The number of rotatable bonds is 7. The minimum atomic E-state index is 0.213. The van der Waals surface area contributed by atoms with Crippen LogP contribution in [0.25, 0.3) is 0 Å². The summed E-state index contributed by atoms with van der Waals surface area (Å²) in [6, 6.07) is 4.66. The molecule has 0 saturated carbocycles. The summed E-state index contributed by atoms with van der Waals surface area (Å²) in [5.41, 5.74) is 0. The molecule has 0 fully saturated rings. The number of furan rings is 1. The lowest BCUT2D eigenvalue weighted by atomic mass is 10.2. The predicted octanol–water partition coefficient (Wildman–Crippen LogP) is 2.55. The molecule has 0 aliphatic heterocycles.